The van der Waals surface area contributed by atoms with Crippen LogP contribution in [0.2, 0.25) is 0 Å². The topological polar surface area (TPSA) is 78.0 Å². The van der Waals surface area contributed by atoms with Gasteiger partial charge in [0.05, 0.1) is 9.77 Å². The molecule has 3 heterocycles. The minimum Gasteiger partial charge on any atom is -0.338 e. The van der Waals surface area contributed by atoms with Gasteiger partial charge in [0.1, 0.15) is 6.04 Å². The first-order chi connectivity index (χ1) is 14.1. The zero-order valence-corrected chi connectivity index (χ0v) is 19.3. The highest BCUT2D eigenvalue weighted by Gasteiger charge is 2.53. The molecule has 30 heavy (non-hydrogen) atoms. The number of hydrogen-bond acceptors (Lipinski definition) is 5. The Hall–Kier alpha value is -1.58. The quantitative estimate of drug-likeness (QED) is 0.701. The van der Waals surface area contributed by atoms with E-state index < -0.39 is 16.1 Å². The van der Waals surface area contributed by atoms with Crippen LogP contribution in [0.3, 0.4) is 0 Å². The monoisotopic (exact) mass is 451 g/mol. The lowest BCUT2D eigenvalue weighted by Crippen LogP contribution is -2.56. The fourth-order valence-corrected chi connectivity index (χ4v) is 7.38. The van der Waals surface area contributed by atoms with Crippen LogP contribution in [0.4, 0.5) is 0 Å². The molecule has 164 valence electrons. The number of sulfonamides is 1. The summed E-state index contributed by atoms with van der Waals surface area (Å²) in [6.07, 6.45) is 1.27. The van der Waals surface area contributed by atoms with Gasteiger partial charge in [-0.3, -0.25) is 9.59 Å². The standard InChI is InChI=1S/C21H29N3O4S2/c1-15(2)16-4-6-17(7-5-16)30(27,28)23-12-10-22(11-13-23)20(26)18-14-29-21(3)9-8-19(25)24(18)21/h4-7,15,18H,8-14H2,1-3H3/t18-,21-/m1/s1. The van der Waals surface area contributed by atoms with Crippen LogP contribution in [0, 0.1) is 0 Å². The second kappa shape index (κ2) is 7.84. The Bertz CT molecular complexity index is 940. The van der Waals surface area contributed by atoms with Gasteiger partial charge in [0.2, 0.25) is 21.8 Å². The third kappa shape index (κ3) is 3.65. The Kier molecular flexibility index (Phi) is 5.65. The van der Waals surface area contributed by atoms with Crippen molar-refractivity contribution in [2.75, 3.05) is 31.9 Å². The average Bonchev–Trinajstić information content (AvgIpc) is 3.23. The summed E-state index contributed by atoms with van der Waals surface area (Å²) in [7, 11) is -3.58. The molecule has 3 aliphatic rings. The molecule has 0 spiro atoms. The predicted octanol–water partition coefficient (Wildman–Crippen LogP) is 2.10. The number of carbonyl (C=O) groups is 2. The summed E-state index contributed by atoms with van der Waals surface area (Å²) in [4.78, 5) is 28.9. The van der Waals surface area contributed by atoms with Crippen LogP contribution in [0.25, 0.3) is 0 Å². The highest BCUT2D eigenvalue weighted by Crippen LogP contribution is 2.47. The third-order valence-corrected chi connectivity index (χ3v) is 9.88. The van der Waals surface area contributed by atoms with E-state index in [2.05, 4.69) is 13.8 Å². The number of benzene rings is 1. The van der Waals surface area contributed by atoms with E-state index in [0.717, 1.165) is 12.0 Å². The van der Waals surface area contributed by atoms with Gasteiger partial charge >= 0.3 is 0 Å². The van der Waals surface area contributed by atoms with Crippen LogP contribution >= 0.6 is 11.8 Å². The van der Waals surface area contributed by atoms with Crippen molar-refractivity contribution in [2.24, 2.45) is 0 Å². The van der Waals surface area contributed by atoms with Gasteiger partial charge in [0.25, 0.3) is 0 Å². The average molecular weight is 452 g/mol. The van der Waals surface area contributed by atoms with Crippen molar-refractivity contribution < 1.29 is 18.0 Å². The van der Waals surface area contributed by atoms with Gasteiger partial charge < -0.3 is 9.80 Å². The highest BCUT2D eigenvalue weighted by atomic mass is 32.2. The van der Waals surface area contributed by atoms with Crippen LogP contribution in [0.5, 0.6) is 0 Å². The van der Waals surface area contributed by atoms with Gasteiger partial charge in [-0.15, -0.1) is 11.8 Å². The minimum absolute atomic E-state index is 0.0481. The first-order valence-electron chi connectivity index (χ1n) is 10.5. The summed E-state index contributed by atoms with van der Waals surface area (Å²) >= 11 is 1.68. The molecule has 4 rings (SSSR count). The predicted molar refractivity (Wildman–Crippen MR) is 117 cm³/mol. The van der Waals surface area contributed by atoms with Crippen molar-refractivity contribution in [1.29, 1.82) is 0 Å². The maximum absolute atomic E-state index is 13.1. The number of amides is 2. The molecule has 9 heteroatoms. The maximum atomic E-state index is 13.1. The summed E-state index contributed by atoms with van der Waals surface area (Å²) in [5.74, 6) is 0.947. The lowest BCUT2D eigenvalue weighted by Gasteiger charge is -2.37. The SMILES string of the molecule is CC(C)c1ccc(S(=O)(=O)N2CCN(C(=O)[C@H]3CS[C@]4(C)CCC(=O)N34)CC2)cc1. The normalized spacial score (nSPS) is 27.7. The Balaban J connectivity index is 1.41. The molecule has 0 aromatic heterocycles. The van der Waals surface area contributed by atoms with Gasteiger partial charge in [0.15, 0.2) is 0 Å². The van der Waals surface area contributed by atoms with Crippen LogP contribution in [-0.4, -0.2) is 77.2 Å². The summed E-state index contributed by atoms with van der Waals surface area (Å²) < 4.78 is 27.5. The van der Waals surface area contributed by atoms with E-state index in [9.17, 15) is 18.0 Å². The Morgan fingerprint density at radius 3 is 2.37 bits per heavy atom. The molecule has 0 radical (unpaired) electrons. The van der Waals surface area contributed by atoms with Gasteiger partial charge in [-0.2, -0.15) is 4.31 Å². The first-order valence-corrected chi connectivity index (χ1v) is 12.9. The summed E-state index contributed by atoms with van der Waals surface area (Å²) in [6.45, 7) is 7.41. The van der Waals surface area contributed by atoms with Crippen molar-refractivity contribution in [3.8, 4) is 0 Å². The van der Waals surface area contributed by atoms with E-state index in [1.54, 1.807) is 33.7 Å². The van der Waals surface area contributed by atoms with E-state index in [0.29, 0.717) is 31.2 Å². The van der Waals surface area contributed by atoms with Crippen molar-refractivity contribution in [1.82, 2.24) is 14.1 Å². The molecule has 3 fully saturated rings. The van der Waals surface area contributed by atoms with Crippen molar-refractivity contribution in [3.05, 3.63) is 29.8 Å². The highest BCUT2D eigenvalue weighted by molar-refractivity contribution is 8.01. The number of hydrogen-bond donors (Lipinski definition) is 0. The van der Waals surface area contributed by atoms with Crippen LogP contribution < -0.4 is 0 Å². The number of nitrogens with zero attached hydrogens (tertiary/aromatic N) is 3. The summed E-state index contributed by atoms with van der Waals surface area (Å²) in [5, 5.41) is 0. The van der Waals surface area contributed by atoms with Crippen molar-refractivity contribution >= 4 is 33.6 Å². The fraction of sp³-hybridized carbons (Fsp3) is 0.619. The van der Waals surface area contributed by atoms with Crippen molar-refractivity contribution in [2.45, 2.75) is 55.3 Å². The summed E-state index contributed by atoms with van der Waals surface area (Å²) in [6, 6.07) is 6.62. The van der Waals surface area contributed by atoms with Crippen LogP contribution in [0.15, 0.2) is 29.2 Å². The summed E-state index contributed by atoms with van der Waals surface area (Å²) in [5.41, 5.74) is 1.10. The molecule has 3 aliphatic heterocycles. The van der Waals surface area contributed by atoms with Gasteiger partial charge in [-0.1, -0.05) is 26.0 Å². The Morgan fingerprint density at radius 1 is 1.13 bits per heavy atom. The zero-order valence-electron chi connectivity index (χ0n) is 17.7. The first kappa shape index (κ1) is 21.6. The number of carbonyl (C=O) groups excluding carboxylic acids is 2. The molecule has 1 aromatic carbocycles. The molecule has 2 amide bonds. The van der Waals surface area contributed by atoms with Crippen molar-refractivity contribution in [3.63, 3.8) is 0 Å². The molecule has 0 aliphatic carbocycles. The second-order valence-electron chi connectivity index (χ2n) is 8.72. The minimum atomic E-state index is -3.58. The van der Waals surface area contributed by atoms with E-state index in [1.807, 2.05) is 19.1 Å². The molecule has 0 unspecified atom stereocenters. The van der Waals surface area contributed by atoms with E-state index >= 15 is 0 Å². The Labute approximate surface area is 182 Å². The van der Waals surface area contributed by atoms with Crippen LogP contribution in [0.1, 0.15) is 45.1 Å². The largest absolute Gasteiger partial charge is 0.338 e. The lowest BCUT2D eigenvalue weighted by molar-refractivity contribution is -0.144. The molecular weight excluding hydrogens is 422 g/mol. The molecule has 0 saturated carbocycles. The lowest BCUT2D eigenvalue weighted by atomic mass is 10.0. The number of piperazine rings is 1. The molecule has 0 N–H and O–H groups in total. The van der Waals surface area contributed by atoms with Gasteiger partial charge in [0, 0.05) is 38.4 Å². The number of fused-ring (bicyclic) bond motifs is 1. The van der Waals surface area contributed by atoms with Gasteiger partial charge in [-0.05, 0) is 37.0 Å². The maximum Gasteiger partial charge on any atom is 0.246 e. The molecule has 0 bridgehead atoms. The smallest absolute Gasteiger partial charge is 0.246 e. The molecule has 1 aromatic rings. The Morgan fingerprint density at radius 2 is 1.77 bits per heavy atom. The number of rotatable bonds is 4. The number of thioether (sulfide) groups is 1. The fourth-order valence-electron chi connectivity index (χ4n) is 4.54. The van der Waals surface area contributed by atoms with E-state index in [-0.39, 0.29) is 34.7 Å². The molecule has 7 nitrogen and oxygen atoms in total. The van der Waals surface area contributed by atoms with E-state index in [1.165, 1.54) is 4.31 Å². The zero-order chi connectivity index (χ0) is 21.7. The van der Waals surface area contributed by atoms with Gasteiger partial charge in [-0.25, -0.2) is 8.42 Å². The molecular formula is C21H29N3O4S2. The van der Waals surface area contributed by atoms with Crippen LogP contribution in [-0.2, 0) is 19.6 Å². The van der Waals surface area contributed by atoms with E-state index in [4.69, 9.17) is 0 Å². The third-order valence-electron chi connectivity index (χ3n) is 6.46. The molecule has 3 saturated heterocycles. The molecule has 2 atom stereocenters. The second-order valence-corrected chi connectivity index (χ2v) is 12.2.